The van der Waals surface area contributed by atoms with Gasteiger partial charge in [-0.3, -0.25) is 0 Å². The predicted molar refractivity (Wildman–Crippen MR) is 108 cm³/mol. The number of nitrogens with zero attached hydrogens (tertiary/aromatic N) is 5. The molecule has 1 heterocycles. The van der Waals surface area contributed by atoms with Gasteiger partial charge < -0.3 is 20.1 Å². The Kier molecular flexibility index (Phi) is 7.92. The number of nitrogens with one attached hydrogen (secondary N) is 2. The van der Waals surface area contributed by atoms with Gasteiger partial charge in [0.25, 0.3) is 0 Å². The molecule has 0 atom stereocenters. The molecule has 0 fully saturated rings. The first-order chi connectivity index (χ1) is 12.7. The zero-order valence-electron chi connectivity index (χ0n) is 16.4. The summed E-state index contributed by atoms with van der Waals surface area (Å²) in [5.74, 6) is 1.68. The van der Waals surface area contributed by atoms with E-state index in [9.17, 15) is 0 Å². The van der Waals surface area contributed by atoms with Crippen LogP contribution in [-0.4, -0.2) is 46.9 Å². The maximum Gasteiger partial charge on any atom is 0.191 e. The summed E-state index contributed by atoms with van der Waals surface area (Å²) >= 11 is 0. The smallest absolute Gasteiger partial charge is 0.191 e. The van der Waals surface area contributed by atoms with Crippen LogP contribution in [0.3, 0.4) is 0 Å². The van der Waals surface area contributed by atoms with E-state index < -0.39 is 0 Å². The molecule has 1 aromatic carbocycles. The van der Waals surface area contributed by atoms with Crippen LogP contribution in [0.15, 0.2) is 35.6 Å². The normalized spacial score (nSPS) is 11.5. The monoisotopic (exact) mass is 357 g/mol. The molecule has 0 aliphatic rings. The van der Waals surface area contributed by atoms with Crippen LogP contribution >= 0.6 is 0 Å². The summed E-state index contributed by atoms with van der Waals surface area (Å²) in [4.78, 5) is 6.99. The quantitative estimate of drug-likeness (QED) is 0.532. The molecule has 0 saturated heterocycles. The van der Waals surface area contributed by atoms with Gasteiger partial charge >= 0.3 is 0 Å². The maximum atomic E-state index is 4.63. The molecule has 2 N–H and O–H groups in total. The van der Waals surface area contributed by atoms with Crippen LogP contribution in [0, 0.1) is 6.92 Å². The average molecular weight is 358 g/mol. The van der Waals surface area contributed by atoms with Crippen LogP contribution in [0.1, 0.15) is 32.2 Å². The van der Waals surface area contributed by atoms with E-state index in [1.54, 1.807) is 6.33 Å². The fourth-order valence-electron chi connectivity index (χ4n) is 2.76. The summed E-state index contributed by atoms with van der Waals surface area (Å²) in [6.45, 7) is 13.3. The van der Waals surface area contributed by atoms with E-state index in [0.29, 0.717) is 6.54 Å². The van der Waals surface area contributed by atoms with Crippen LogP contribution in [0.5, 0.6) is 0 Å². The second-order valence-electron chi connectivity index (χ2n) is 6.07. The molecule has 7 nitrogen and oxygen atoms in total. The Hall–Kier alpha value is -2.57. The molecule has 2 rings (SSSR count). The zero-order chi connectivity index (χ0) is 18.8. The Morgan fingerprint density at radius 2 is 2.08 bits per heavy atom. The van der Waals surface area contributed by atoms with Crippen molar-refractivity contribution in [1.82, 2.24) is 25.4 Å². The molecule has 0 aliphatic heterocycles. The van der Waals surface area contributed by atoms with Crippen molar-refractivity contribution in [2.75, 3.05) is 31.1 Å². The summed E-state index contributed by atoms with van der Waals surface area (Å²) in [6.07, 6.45) is 1.74. The Morgan fingerprint density at radius 3 is 2.77 bits per heavy atom. The minimum absolute atomic E-state index is 0.512. The van der Waals surface area contributed by atoms with E-state index in [0.717, 1.165) is 44.5 Å². The third-order valence-electron chi connectivity index (χ3n) is 4.18. The van der Waals surface area contributed by atoms with Gasteiger partial charge in [0.05, 0.1) is 0 Å². The first-order valence-electron chi connectivity index (χ1n) is 9.38. The van der Waals surface area contributed by atoms with Crippen LogP contribution < -0.4 is 15.5 Å². The highest BCUT2D eigenvalue weighted by Crippen LogP contribution is 2.14. The lowest BCUT2D eigenvalue weighted by molar-refractivity contribution is 0.692. The van der Waals surface area contributed by atoms with Crippen molar-refractivity contribution in [1.29, 1.82) is 0 Å². The van der Waals surface area contributed by atoms with Crippen LogP contribution in [-0.2, 0) is 13.1 Å². The summed E-state index contributed by atoms with van der Waals surface area (Å²) in [7, 11) is 0. The molecular weight excluding hydrogens is 326 g/mol. The van der Waals surface area contributed by atoms with Gasteiger partial charge in [-0.25, -0.2) is 4.99 Å². The number of guanidine groups is 1. The predicted octanol–water partition coefficient (Wildman–Crippen LogP) is 2.19. The number of likely N-dealkylation sites (N-methyl/N-ethyl adjacent to an activating group) is 1. The second-order valence-corrected chi connectivity index (χ2v) is 6.07. The molecule has 0 unspecified atom stereocenters. The van der Waals surface area contributed by atoms with Gasteiger partial charge in [-0.2, -0.15) is 0 Å². The molecule has 2 aromatic rings. The van der Waals surface area contributed by atoms with E-state index in [1.165, 1.54) is 11.3 Å². The topological polar surface area (TPSA) is 70.4 Å². The van der Waals surface area contributed by atoms with Crippen molar-refractivity contribution in [2.24, 2.45) is 4.99 Å². The van der Waals surface area contributed by atoms with Crippen molar-refractivity contribution >= 4 is 11.6 Å². The van der Waals surface area contributed by atoms with E-state index >= 15 is 0 Å². The molecule has 142 valence electrons. The summed E-state index contributed by atoms with van der Waals surface area (Å²) in [5, 5.41) is 14.8. The van der Waals surface area contributed by atoms with Gasteiger partial charge in [-0.1, -0.05) is 12.1 Å². The first kappa shape index (κ1) is 19.8. The number of hydrogen-bond acceptors (Lipinski definition) is 4. The summed E-state index contributed by atoms with van der Waals surface area (Å²) in [5.41, 5.74) is 2.54. The van der Waals surface area contributed by atoms with Gasteiger partial charge in [0.15, 0.2) is 11.8 Å². The van der Waals surface area contributed by atoms with Crippen molar-refractivity contribution in [3.05, 3.63) is 42.0 Å². The standard InChI is InChI=1S/C19H31N7/c1-5-20-19(22-14-18-24-23-15-26(18)7-3)21-11-12-25(6-2)17-10-8-9-16(4)13-17/h8-10,13,15H,5-7,11-12,14H2,1-4H3,(H2,20,21,22). The minimum atomic E-state index is 0.512. The Bertz CT molecular complexity index is 693. The molecule has 26 heavy (non-hydrogen) atoms. The lowest BCUT2D eigenvalue weighted by atomic mass is 10.2. The van der Waals surface area contributed by atoms with Gasteiger partial charge in [-0.05, 0) is 45.4 Å². The molecule has 1 aromatic heterocycles. The van der Waals surface area contributed by atoms with E-state index in [-0.39, 0.29) is 0 Å². The molecule has 0 bridgehead atoms. The lowest BCUT2D eigenvalue weighted by Gasteiger charge is -2.24. The third-order valence-corrected chi connectivity index (χ3v) is 4.18. The second kappa shape index (κ2) is 10.4. The van der Waals surface area contributed by atoms with Crippen LogP contribution in [0.25, 0.3) is 0 Å². The largest absolute Gasteiger partial charge is 0.370 e. The fraction of sp³-hybridized carbons (Fsp3) is 0.526. The van der Waals surface area contributed by atoms with E-state index in [2.05, 4.69) is 82.7 Å². The van der Waals surface area contributed by atoms with Crippen molar-refractivity contribution in [3.8, 4) is 0 Å². The number of aliphatic imine (C=N–C) groups is 1. The number of aryl methyl sites for hydroxylation is 2. The van der Waals surface area contributed by atoms with E-state index in [4.69, 9.17) is 0 Å². The minimum Gasteiger partial charge on any atom is -0.370 e. The highest BCUT2D eigenvalue weighted by molar-refractivity contribution is 5.79. The summed E-state index contributed by atoms with van der Waals surface area (Å²) < 4.78 is 2.00. The number of anilines is 1. The van der Waals surface area contributed by atoms with Gasteiger partial charge in [0.2, 0.25) is 0 Å². The van der Waals surface area contributed by atoms with Crippen LogP contribution in [0.4, 0.5) is 5.69 Å². The Morgan fingerprint density at radius 1 is 1.23 bits per heavy atom. The number of benzene rings is 1. The molecule has 0 amide bonds. The SMILES string of the molecule is CCNC(=NCc1nncn1CC)NCCN(CC)c1cccc(C)c1. The van der Waals surface area contributed by atoms with Gasteiger partial charge in [-0.15, -0.1) is 10.2 Å². The molecular formula is C19H31N7. The number of aromatic nitrogens is 3. The molecule has 0 saturated carbocycles. The molecule has 0 radical (unpaired) electrons. The van der Waals surface area contributed by atoms with Gasteiger partial charge in [0.1, 0.15) is 12.9 Å². The van der Waals surface area contributed by atoms with Crippen molar-refractivity contribution in [2.45, 2.75) is 40.8 Å². The first-order valence-corrected chi connectivity index (χ1v) is 9.38. The maximum absolute atomic E-state index is 4.63. The zero-order valence-corrected chi connectivity index (χ0v) is 16.4. The van der Waals surface area contributed by atoms with Crippen LogP contribution in [0.2, 0.25) is 0 Å². The number of rotatable bonds is 9. The van der Waals surface area contributed by atoms with E-state index in [1.807, 2.05) is 4.57 Å². The number of hydrogen-bond donors (Lipinski definition) is 2. The highest BCUT2D eigenvalue weighted by atomic mass is 15.3. The Labute approximate surface area is 156 Å². The third kappa shape index (κ3) is 5.75. The fourth-order valence-corrected chi connectivity index (χ4v) is 2.76. The van der Waals surface area contributed by atoms with Crippen molar-refractivity contribution in [3.63, 3.8) is 0 Å². The molecule has 0 aliphatic carbocycles. The summed E-state index contributed by atoms with van der Waals surface area (Å²) in [6, 6.07) is 8.62. The average Bonchev–Trinajstić information content (AvgIpc) is 3.10. The lowest BCUT2D eigenvalue weighted by Crippen LogP contribution is -2.41. The highest BCUT2D eigenvalue weighted by Gasteiger charge is 2.06. The Balaban J connectivity index is 1.91. The van der Waals surface area contributed by atoms with Gasteiger partial charge in [0, 0.05) is 38.4 Å². The molecule has 7 heteroatoms. The molecule has 0 spiro atoms. The van der Waals surface area contributed by atoms with Crippen molar-refractivity contribution < 1.29 is 0 Å².